The van der Waals surface area contributed by atoms with Crippen LogP contribution >= 0.6 is 0 Å². The van der Waals surface area contributed by atoms with Gasteiger partial charge in [0.1, 0.15) is 0 Å². The molecule has 1 aliphatic heterocycles. The summed E-state index contributed by atoms with van der Waals surface area (Å²) in [6.45, 7) is 3.87. The third-order valence-electron chi connectivity index (χ3n) is 6.74. The molecule has 0 radical (unpaired) electrons. The van der Waals surface area contributed by atoms with Gasteiger partial charge in [-0.2, -0.15) is 5.10 Å². The number of nitrogens with two attached hydrogens (primary N) is 1. The van der Waals surface area contributed by atoms with Gasteiger partial charge in [0.25, 0.3) is 0 Å². The molecule has 7 heteroatoms. The summed E-state index contributed by atoms with van der Waals surface area (Å²) >= 11 is 0. The van der Waals surface area contributed by atoms with E-state index in [2.05, 4.69) is 22.1 Å². The first kappa shape index (κ1) is 23.1. The van der Waals surface area contributed by atoms with Gasteiger partial charge in [-0.15, -0.1) is 0 Å². The number of hydrogen-bond acceptors (Lipinski definition) is 7. The molecule has 2 atom stereocenters. The molecule has 0 spiro atoms. The largest absolute Gasteiger partial charge is 0.469 e. The molecule has 174 valence electrons. The lowest BCUT2D eigenvalue weighted by atomic mass is 9.77. The Hall–Kier alpha value is -3.03. The van der Waals surface area contributed by atoms with E-state index in [9.17, 15) is 9.59 Å². The van der Waals surface area contributed by atoms with Crippen molar-refractivity contribution in [2.24, 2.45) is 16.8 Å². The fourth-order valence-corrected chi connectivity index (χ4v) is 4.52. The van der Waals surface area contributed by atoms with E-state index in [0.717, 1.165) is 55.7 Å². The molecule has 0 aromatic heterocycles. The molecule has 0 bridgehead atoms. The Balaban J connectivity index is 1.44. The second-order valence-corrected chi connectivity index (χ2v) is 8.97. The minimum absolute atomic E-state index is 0.0224. The number of benzene rings is 2. The maximum Gasteiger partial charge on any atom is 0.305 e. The molecular weight excluding hydrogens is 416 g/mol. The van der Waals surface area contributed by atoms with Crippen molar-refractivity contribution in [1.82, 2.24) is 9.91 Å². The predicted molar refractivity (Wildman–Crippen MR) is 128 cm³/mol. The Morgan fingerprint density at radius 3 is 2.48 bits per heavy atom. The highest BCUT2D eigenvalue weighted by Gasteiger charge is 2.29. The standard InChI is InChI=1S/C26H32N4O3/c1-29-11-13-30(14-12-29)28-17-18-3-5-20(6-4-18)26(32)22-10-8-19-7-9-21(16-24(31)33-2)25(27)23(19)15-22/h3-6,8,10,15,17,21,25H,7,9,11-14,16,27H2,1-2H3. The molecule has 1 heterocycles. The lowest BCUT2D eigenvalue weighted by Crippen LogP contribution is -2.41. The molecule has 2 N–H and O–H groups in total. The highest BCUT2D eigenvalue weighted by Crippen LogP contribution is 2.35. The molecule has 1 saturated heterocycles. The van der Waals surface area contributed by atoms with Gasteiger partial charge in [-0.3, -0.25) is 14.6 Å². The summed E-state index contributed by atoms with van der Waals surface area (Å²) < 4.78 is 4.81. The van der Waals surface area contributed by atoms with Gasteiger partial charge in [-0.05, 0) is 48.6 Å². The summed E-state index contributed by atoms with van der Waals surface area (Å²) in [5, 5.41) is 6.63. The fourth-order valence-electron chi connectivity index (χ4n) is 4.52. The third-order valence-corrected chi connectivity index (χ3v) is 6.74. The van der Waals surface area contributed by atoms with Crippen molar-refractivity contribution >= 4 is 18.0 Å². The smallest absolute Gasteiger partial charge is 0.305 e. The summed E-state index contributed by atoms with van der Waals surface area (Å²) in [6, 6.07) is 13.0. The number of carbonyl (C=O) groups excluding carboxylic acids is 2. The molecule has 0 saturated carbocycles. The minimum Gasteiger partial charge on any atom is -0.469 e. The molecule has 4 rings (SSSR count). The Kier molecular flexibility index (Phi) is 7.20. The van der Waals surface area contributed by atoms with Crippen LogP contribution in [0.1, 0.15) is 51.5 Å². The number of likely N-dealkylation sites (N-methyl/N-ethyl adjacent to an activating group) is 1. The molecule has 2 aromatic rings. The van der Waals surface area contributed by atoms with Crippen LogP contribution in [0, 0.1) is 5.92 Å². The van der Waals surface area contributed by atoms with Gasteiger partial charge in [0.05, 0.1) is 19.7 Å². The number of methoxy groups -OCH3 is 1. The summed E-state index contributed by atoms with van der Waals surface area (Å²) in [5.41, 5.74) is 10.8. The van der Waals surface area contributed by atoms with Crippen molar-refractivity contribution in [2.45, 2.75) is 25.3 Å². The molecule has 7 nitrogen and oxygen atoms in total. The third kappa shape index (κ3) is 5.49. The molecule has 1 aliphatic carbocycles. The highest BCUT2D eigenvalue weighted by molar-refractivity contribution is 6.09. The second-order valence-electron chi connectivity index (χ2n) is 8.97. The van der Waals surface area contributed by atoms with E-state index in [0.29, 0.717) is 17.5 Å². The van der Waals surface area contributed by atoms with E-state index in [1.807, 2.05) is 48.7 Å². The number of hydrazone groups is 1. The number of carbonyl (C=O) groups is 2. The highest BCUT2D eigenvalue weighted by atomic mass is 16.5. The van der Waals surface area contributed by atoms with E-state index in [1.165, 1.54) is 7.11 Å². The Morgan fingerprint density at radius 1 is 1.09 bits per heavy atom. The van der Waals surface area contributed by atoms with Crippen molar-refractivity contribution < 1.29 is 14.3 Å². The van der Waals surface area contributed by atoms with Crippen LogP contribution in [0.25, 0.3) is 0 Å². The maximum atomic E-state index is 13.1. The van der Waals surface area contributed by atoms with Gasteiger partial charge >= 0.3 is 5.97 Å². The average Bonchev–Trinajstić information content (AvgIpc) is 2.85. The number of ketones is 1. The van der Waals surface area contributed by atoms with Crippen LogP contribution in [-0.4, -0.2) is 68.2 Å². The normalized spacial score (nSPS) is 21.1. The molecule has 2 unspecified atom stereocenters. The molecule has 2 aliphatic rings. The molecule has 0 amide bonds. The molecule has 33 heavy (non-hydrogen) atoms. The van der Waals surface area contributed by atoms with E-state index in [1.54, 1.807) is 0 Å². The van der Waals surface area contributed by atoms with Crippen LogP contribution in [-0.2, 0) is 16.0 Å². The monoisotopic (exact) mass is 448 g/mol. The van der Waals surface area contributed by atoms with E-state index in [-0.39, 0.29) is 23.7 Å². The van der Waals surface area contributed by atoms with Gasteiger partial charge < -0.3 is 15.4 Å². The van der Waals surface area contributed by atoms with Crippen LogP contribution in [0.3, 0.4) is 0 Å². The second kappa shape index (κ2) is 10.3. The summed E-state index contributed by atoms with van der Waals surface area (Å²) in [6.07, 6.45) is 3.83. The van der Waals surface area contributed by atoms with Crippen molar-refractivity contribution in [3.05, 3.63) is 70.3 Å². The number of hydrogen-bond donors (Lipinski definition) is 1. The zero-order valence-corrected chi connectivity index (χ0v) is 19.4. The van der Waals surface area contributed by atoms with Crippen molar-refractivity contribution in [3.8, 4) is 0 Å². The number of piperazine rings is 1. The number of fused-ring (bicyclic) bond motifs is 1. The minimum atomic E-state index is -0.284. The van der Waals surface area contributed by atoms with Crippen molar-refractivity contribution in [3.63, 3.8) is 0 Å². The Bertz CT molecular complexity index is 1030. The summed E-state index contributed by atoms with van der Waals surface area (Å²) in [4.78, 5) is 27.2. The Morgan fingerprint density at radius 2 is 1.79 bits per heavy atom. The number of esters is 1. The van der Waals surface area contributed by atoms with Crippen molar-refractivity contribution in [2.75, 3.05) is 40.3 Å². The maximum absolute atomic E-state index is 13.1. The molecule has 1 fully saturated rings. The van der Waals surface area contributed by atoms with Crippen LogP contribution in [0.2, 0.25) is 0 Å². The van der Waals surface area contributed by atoms with Gasteiger partial charge in [0.15, 0.2) is 5.78 Å². The number of aryl methyl sites for hydroxylation is 1. The van der Waals surface area contributed by atoms with E-state index < -0.39 is 0 Å². The molecule has 2 aromatic carbocycles. The number of ether oxygens (including phenoxy) is 1. The van der Waals surface area contributed by atoms with E-state index >= 15 is 0 Å². The van der Waals surface area contributed by atoms with Crippen LogP contribution in [0.5, 0.6) is 0 Å². The van der Waals surface area contributed by atoms with E-state index in [4.69, 9.17) is 10.5 Å². The average molecular weight is 449 g/mol. The lowest BCUT2D eigenvalue weighted by Gasteiger charge is -2.30. The number of rotatable bonds is 6. The lowest BCUT2D eigenvalue weighted by molar-refractivity contribution is -0.142. The van der Waals surface area contributed by atoms with Gasteiger partial charge in [-0.1, -0.05) is 36.4 Å². The SMILES string of the molecule is COC(=O)CC1CCc2ccc(C(=O)c3ccc(C=NN4CCN(C)CC4)cc3)cc2C1N. The first-order valence-electron chi connectivity index (χ1n) is 11.5. The van der Waals surface area contributed by atoms with Gasteiger partial charge in [-0.25, -0.2) is 0 Å². The van der Waals surface area contributed by atoms with Crippen LogP contribution < -0.4 is 5.73 Å². The zero-order valence-electron chi connectivity index (χ0n) is 19.4. The summed E-state index contributed by atoms with van der Waals surface area (Å²) in [7, 11) is 3.51. The summed E-state index contributed by atoms with van der Waals surface area (Å²) in [5.74, 6) is -0.265. The Labute approximate surface area is 195 Å². The zero-order chi connectivity index (χ0) is 23.4. The van der Waals surface area contributed by atoms with Gasteiger partial charge in [0.2, 0.25) is 0 Å². The van der Waals surface area contributed by atoms with Gasteiger partial charge in [0, 0.05) is 43.3 Å². The first-order chi connectivity index (χ1) is 15.9. The topological polar surface area (TPSA) is 88.2 Å². The van der Waals surface area contributed by atoms with Crippen LogP contribution in [0.4, 0.5) is 0 Å². The quantitative estimate of drug-likeness (QED) is 0.415. The molecular formula is C26H32N4O3. The van der Waals surface area contributed by atoms with Crippen LogP contribution in [0.15, 0.2) is 47.6 Å². The predicted octanol–water partition coefficient (Wildman–Crippen LogP) is 2.62. The number of nitrogens with zero attached hydrogens (tertiary/aromatic N) is 3. The fraction of sp³-hybridized carbons (Fsp3) is 0.423. The first-order valence-corrected chi connectivity index (χ1v) is 11.5. The van der Waals surface area contributed by atoms with Crippen molar-refractivity contribution in [1.29, 1.82) is 0 Å².